The maximum atomic E-state index is 5.24. The molecule has 1 aliphatic carbocycles. The zero-order valence-electron chi connectivity index (χ0n) is 8.35. The highest BCUT2D eigenvalue weighted by atomic mass is 15.0. The SMILES string of the molecule is C#CCC(C)NC(C)C1(C)CC1. The Kier molecular flexibility index (Phi) is 2.80. The molecular formula is C11H19N. The fourth-order valence-corrected chi connectivity index (χ4v) is 1.49. The Hall–Kier alpha value is -0.480. The molecule has 1 nitrogen and oxygen atoms in total. The molecule has 0 aromatic heterocycles. The van der Waals surface area contributed by atoms with Crippen LogP contribution in [0.3, 0.4) is 0 Å². The van der Waals surface area contributed by atoms with E-state index in [1.165, 1.54) is 12.8 Å². The summed E-state index contributed by atoms with van der Waals surface area (Å²) in [4.78, 5) is 0. The van der Waals surface area contributed by atoms with E-state index < -0.39 is 0 Å². The summed E-state index contributed by atoms with van der Waals surface area (Å²) in [5.74, 6) is 2.68. The minimum Gasteiger partial charge on any atom is -0.310 e. The predicted molar refractivity (Wildman–Crippen MR) is 52.9 cm³/mol. The van der Waals surface area contributed by atoms with Gasteiger partial charge in [0.25, 0.3) is 0 Å². The first-order chi connectivity index (χ1) is 5.58. The van der Waals surface area contributed by atoms with Crippen LogP contribution in [0.15, 0.2) is 0 Å². The van der Waals surface area contributed by atoms with Crippen molar-refractivity contribution in [1.82, 2.24) is 5.32 Å². The molecule has 0 aromatic rings. The maximum Gasteiger partial charge on any atom is 0.0238 e. The molecule has 0 saturated heterocycles. The van der Waals surface area contributed by atoms with Crippen LogP contribution in [0.2, 0.25) is 0 Å². The van der Waals surface area contributed by atoms with E-state index in [0.29, 0.717) is 17.5 Å². The second-order valence-corrected chi connectivity index (χ2v) is 4.35. The van der Waals surface area contributed by atoms with E-state index in [1.807, 2.05) is 0 Å². The van der Waals surface area contributed by atoms with Crippen molar-refractivity contribution in [3.05, 3.63) is 0 Å². The molecule has 0 spiro atoms. The Bertz CT molecular complexity index is 186. The Labute approximate surface area is 75.9 Å². The van der Waals surface area contributed by atoms with Gasteiger partial charge in [-0.25, -0.2) is 0 Å². The summed E-state index contributed by atoms with van der Waals surface area (Å²) in [5, 5.41) is 3.54. The molecule has 0 aliphatic heterocycles. The lowest BCUT2D eigenvalue weighted by Crippen LogP contribution is -2.39. The highest BCUT2D eigenvalue weighted by Gasteiger charge is 2.42. The van der Waals surface area contributed by atoms with Gasteiger partial charge >= 0.3 is 0 Å². The second kappa shape index (κ2) is 3.49. The van der Waals surface area contributed by atoms with Gasteiger partial charge in [-0.05, 0) is 32.1 Å². The van der Waals surface area contributed by atoms with Crippen LogP contribution in [0.5, 0.6) is 0 Å². The van der Waals surface area contributed by atoms with Crippen LogP contribution in [-0.4, -0.2) is 12.1 Å². The van der Waals surface area contributed by atoms with E-state index in [0.717, 1.165) is 6.42 Å². The molecule has 12 heavy (non-hydrogen) atoms. The van der Waals surface area contributed by atoms with Crippen molar-refractivity contribution < 1.29 is 0 Å². The monoisotopic (exact) mass is 165 g/mol. The first kappa shape index (κ1) is 9.61. The maximum absolute atomic E-state index is 5.24. The molecular weight excluding hydrogens is 146 g/mol. The third-order valence-electron chi connectivity index (χ3n) is 3.04. The number of rotatable bonds is 4. The molecule has 2 atom stereocenters. The molecule has 1 saturated carbocycles. The van der Waals surface area contributed by atoms with E-state index in [9.17, 15) is 0 Å². The van der Waals surface area contributed by atoms with Crippen molar-refractivity contribution in [3.8, 4) is 12.3 Å². The number of hydrogen-bond acceptors (Lipinski definition) is 1. The fourth-order valence-electron chi connectivity index (χ4n) is 1.49. The summed E-state index contributed by atoms with van der Waals surface area (Å²) in [6.45, 7) is 6.76. The van der Waals surface area contributed by atoms with Crippen LogP contribution in [0, 0.1) is 17.8 Å². The van der Waals surface area contributed by atoms with Gasteiger partial charge in [-0.2, -0.15) is 0 Å². The van der Waals surface area contributed by atoms with Crippen LogP contribution in [0.4, 0.5) is 0 Å². The molecule has 0 heterocycles. The van der Waals surface area contributed by atoms with Crippen LogP contribution < -0.4 is 5.32 Å². The minimum absolute atomic E-state index is 0.461. The third-order valence-corrected chi connectivity index (χ3v) is 3.04. The lowest BCUT2D eigenvalue weighted by atomic mass is 10.00. The van der Waals surface area contributed by atoms with Gasteiger partial charge in [0.2, 0.25) is 0 Å². The van der Waals surface area contributed by atoms with Crippen molar-refractivity contribution in [2.75, 3.05) is 0 Å². The van der Waals surface area contributed by atoms with E-state index in [2.05, 4.69) is 32.0 Å². The standard InChI is InChI=1S/C11H19N/c1-5-6-9(2)12-10(3)11(4)7-8-11/h1,9-10,12H,6-8H2,2-4H3. The second-order valence-electron chi connectivity index (χ2n) is 4.35. The summed E-state index contributed by atoms with van der Waals surface area (Å²) >= 11 is 0. The molecule has 1 heteroatoms. The summed E-state index contributed by atoms with van der Waals surface area (Å²) in [7, 11) is 0. The number of hydrogen-bond donors (Lipinski definition) is 1. The molecule has 1 N–H and O–H groups in total. The largest absolute Gasteiger partial charge is 0.310 e. The van der Waals surface area contributed by atoms with Gasteiger partial charge in [-0.1, -0.05) is 6.92 Å². The van der Waals surface area contributed by atoms with Crippen molar-refractivity contribution in [3.63, 3.8) is 0 Å². The number of nitrogens with one attached hydrogen (secondary N) is 1. The molecule has 68 valence electrons. The average molecular weight is 165 g/mol. The number of terminal acetylenes is 1. The first-order valence-electron chi connectivity index (χ1n) is 4.78. The van der Waals surface area contributed by atoms with Gasteiger partial charge in [0.05, 0.1) is 0 Å². The molecule has 0 radical (unpaired) electrons. The third kappa shape index (κ3) is 2.25. The predicted octanol–water partition coefficient (Wildman–Crippen LogP) is 2.18. The van der Waals surface area contributed by atoms with Gasteiger partial charge < -0.3 is 5.32 Å². The van der Waals surface area contributed by atoms with Crippen LogP contribution in [-0.2, 0) is 0 Å². The van der Waals surface area contributed by atoms with Gasteiger partial charge in [-0.15, -0.1) is 12.3 Å². The fraction of sp³-hybridized carbons (Fsp3) is 0.818. The van der Waals surface area contributed by atoms with E-state index in [4.69, 9.17) is 6.42 Å². The quantitative estimate of drug-likeness (QED) is 0.630. The van der Waals surface area contributed by atoms with Crippen LogP contribution >= 0.6 is 0 Å². The Morgan fingerprint density at radius 1 is 1.50 bits per heavy atom. The van der Waals surface area contributed by atoms with Gasteiger partial charge in [0.1, 0.15) is 0 Å². The van der Waals surface area contributed by atoms with E-state index in [1.54, 1.807) is 0 Å². The Morgan fingerprint density at radius 2 is 2.08 bits per heavy atom. The first-order valence-corrected chi connectivity index (χ1v) is 4.78. The topological polar surface area (TPSA) is 12.0 Å². The van der Waals surface area contributed by atoms with Gasteiger partial charge in [-0.3, -0.25) is 0 Å². The Balaban J connectivity index is 2.26. The summed E-state index contributed by atoms with van der Waals surface area (Å²) in [6.07, 6.45) is 8.80. The molecule has 1 rings (SSSR count). The zero-order valence-corrected chi connectivity index (χ0v) is 8.35. The zero-order chi connectivity index (χ0) is 9.19. The summed E-state index contributed by atoms with van der Waals surface area (Å²) in [5.41, 5.74) is 0.558. The lowest BCUT2D eigenvalue weighted by molar-refractivity contribution is 0.349. The molecule has 0 aromatic carbocycles. The van der Waals surface area contributed by atoms with Crippen molar-refractivity contribution in [2.24, 2.45) is 5.41 Å². The normalized spacial score (nSPS) is 24.2. The molecule has 1 aliphatic rings. The lowest BCUT2D eigenvalue weighted by Gasteiger charge is -2.23. The van der Waals surface area contributed by atoms with Gasteiger partial charge in [0.15, 0.2) is 0 Å². The van der Waals surface area contributed by atoms with Crippen molar-refractivity contribution in [1.29, 1.82) is 0 Å². The van der Waals surface area contributed by atoms with E-state index >= 15 is 0 Å². The van der Waals surface area contributed by atoms with Crippen LogP contribution in [0.25, 0.3) is 0 Å². The molecule has 0 bridgehead atoms. The summed E-state index contributed by atoms with van der Waals surface area (Å²) in [6, 6.07) is 1.07. The highest BCUT2D eigenvalue weighted by Crippen LogP contribution is 2.48. The van der Waals surface area contributed by atoms with Crippen LogP contribution in [0.1, 0.15) is 40.0 Å². The van der Waals surface area contributed by atoms with Crippen molar-refractivity contribution >= 4 is 0 Å². The highest BCUT2D eigenvalue weighted by molar-refractivity contribution is 4.98. The van der Waals surface area contributed by atoms with Crippen molar-refractivity contribution in [2.45, 2.75) is 52.1 Å². The smallest absolute Gasteiger partial charge is 0.0238 e. The summed E-state index contributed by atoms with van der Waals surface area (Å²) < 4.78 is 0. The molecule has 1 fully saturated rings. The average Bonchev–Trinajstić information content (AvgIpc) is 2.69. The van der Waals surface area contributed by atoms with Gasteiger partial charge in [0, 0.05) is 18.5 Å². The minimum atomic E-state index is 0.461. The van der Waals surface area contributed by atoms with E-state index in [-0.39, 0.29) is 0 Å². The Morgan fingerprint density at radius 3 is 2.50 bits per heavy atom. The molecule has 0 amide bonds. The molecule has 2 unspecified atom stereocenters.